The van der Waals surface area contributed by atoms with E-state index in [1.165, 1.54) is 0 Å². The van der Waals surface area contributed by atoms with Crippen LogP contribution in [0, 0.1) is 11.8 Å². The Morgan fingerprint density at radius 2 is 0.929 bits per heavy atom. The molecule has 2 unspecified atom stereocenters. The molecule has 8 heteroatoms. The zero-order chi connectivity index (χ0) is 11.6. The number of aliphatic hydroxyl groups excluding tert-OH is 2. The van der Waals surface area contributed by atoms with Crippen LogP contribution >= 0.6 is 69.6 Å². The minimum Gasteiger partial charge on any atom is -0.376 e. The Kier molecular flexibility index (Phi) is 6.00. The molecule has 0 fully saturated rings. The second-order valence-corrected chi connectivity index (χ2v) is 6.91. The molecule has 0 aromatic carbocycles. The van der Waals surface area contributed by atoms with Crippen LogP contribution in [-0.2, 0) is 0 Å². The van der Waals surface area contributed by atoms with Crippen LogP contribution in [0.2, 0.25) is 0 Å². The molecule has 0 saturated carbocycles. The molecule has 0 aliphatic carbocycles. The van der Waals surface area contributed by atoms with Crippen LogP contribution < -0.4 is 0 Å². The highest BCUT2D eigenvalue weighted by molar-refractivity contribution is 6.68. The van der Waals surface area contributed by atoms with E-state index in [0.717, 1.165) is 0 Å². The molecular weight excluding hydrogens is 317 g/mol. The number of hydrogen-bond acceptors (Lipinski definition) is 2. The predicted octanol–water partition coefficient (Wildman–Crippen LogP) is 2.45. The van der Waals surface area contributed by atoms with E-state index < -0.39 is 19.8 Å². The van der Waals surface area contributed by atoms with E-state index in [4.69, 9.17) is 79.8 Å². The molecule has 2 nitrogen and oxygen atoms in total. The smallest absolute Gasteiger partial charge is 0.227 e. The van der Waals surface area contributed by atoms with Crippen LogP contribution in [-0.4, -0.2) is 30.0 Å². The maximum Gasteiger partial charge on any atom is 0.227 e. The van der Waals surface area contributed by atoms with Crippen LogP contribution in [0.25, 0.3) is 0 Å². The summed E-state index contributed by atoms with van der Waals surface area (Å²) in [5.74, 6) is 4.07. The summed E-state index contributed by atoms with van der Waals surface area (Å²) in [5, 5.41) is 18.2. The van der Waals surface area contributed by atoms with Crippen molar-refractivity contribution in [2.24, 2.45) is 0 Å². The Labute approximate surface area is 111 Å². The third kappa shape index (κ3) is 5.95. The highest BCUT2D eigenvalue weighted by Crippen LogP contribution is 2.31. The first kappa shape index (κ1) is 15.2. The van der Waals surface area contributed by atoms with Gasteiger partial charge in [-0.1, -0.05) is 81.4 Å². The van der Waals surface area contributed by atoms with E-state index in [1.807, 2.05) is 11.8 Å². The van der Waals surface area contributed by atoms with E-state index in [9.17, 15) is 0 Å². The SMILES string of the molecule is OC(C#CC(O)C(Cl)(Cl)Cl)C(Cl)(Cl)Cl. The molecule has 0 aromatic heterocycles. The van der Waals surface area contributed by atoms with Gasteiger partial charge in [0.1, 0.15) is 0 Å². The summed E-state index contributed by atoms with van der Waals surface area (Å²) in [6.07, 6.45) is -3.15. The van der Waals surface area contributed by atoms with Gasteiger partial charge < -0.3 is 10.2 Å². The molecule has 0 saturated heterocycles. The van der Waals surface area contributed by atoms with Crippen LogP contribution in [0.3, 0.4) is 0 Å². The topological polar surface area (TPSA) is 40.5 Å². The molecule has 0 spiro atoms. The maximum absolute atomic E-state index is 9.09. The lowest BCUT2D eigenvalue weighted by Gasteiger charge is -2.15. The Morgan fingerprint density at radius 1 is 0.714 bits per heavy atom. The molecule has 2 atom stereocenters. The zero-order valence-corrected chi connectivity index (χ0v) is 10.9. The van der Waals surface area contributed by atoms with Gasteiger partial charge >= 0.3 is 0 Å². The van der Waals surface area contributed by atoms with Crippen molar-refractivity contribution in [3.8, 4) is 11.8 Å². The van der Waals surface area contributed by atoms with Gasteiger partial charge in [0.05, 0.1) is 0 Å². The number of rotatable bonds is 0. The molecular formula is C6H4Cl6O2. The molecule has 82 valence electrons. The van der Waals surface area contributed by atoms with E-state index in [0.29, 0.717) is 0 Å². The van der Waals surface area contributed by atoms with Crippen LogP contribution in [0.5, 0.6) is 0 Å². The van der Waals surface area contributed by atoms with Gasteiger partial charge in [0, 0.05) is 0 Å². The summed E-state index contributed by atoms with van der Waals surface area (Å²) < 4.78 is -3.94. The minimum atomic E-state index is -1.97. The van der Waals surface area contributed by atoms with Crippen LogP contribution in [0.4, 0.5) is 0 Å². The van der Waals surface area contributed by atoms with Crippen molar-refractivity contribution in [2.45, 2.75) is 19.8 Å². The molecule has 14 heavy (non-hydrogen) atoms. The Hall–Kier alpha value is 1.22. The van der Waals surface area contributed by atoms with Crippen LogP contribution in [0.15, 0.2) is 0 Å². The first-order valence-corrected chi connectivity index (χ1v) is 5.32. The third-order valence-corrected chi connectivity index (χ3v) is 2.22. The molecule has 0 rings (SSSR count). The number of aliphatic hydroxyl groups is 2. The van der Waals surface area contributed by atoms with Gasteiger partial charge in [0.2, 0.25) is 7.59 Å². The fraction of sp³-hybridized carbons (Fsp3) is 0.667. The minimum absolute atomic E-state index is 1.57. The van der Waals surface area contributed by atoms with E-state index in [2.05, 4.69) is 0 Å². The Bertz CT molecular complexity index is 220. The van der Waals surface area contributed by atoms with Crippen molar-refractivity contribution in [3.05, 3.63) is 0 Å². The molecule has 2 N–H and O–H groups in total. The fourth-order valence-corrected chi connectivity index (χ4v) is 0.649. The summed E-state index contributed by atoms with van der Waals surface area (Å²) in [6, 6.07) is 0. The highest BCUT2D eigenvalue weighted by Gasteiger charge is 2.32. The summed E-state index contributed by atoms with van der Waals surface area (Å²) in [4.78, 5) is 0. The molecule has 0 amide bonds. The standard InChI is InChI=1S/C6H4Cl6O2/c7-5(8,9)3(13)1-2-4(14)6(10,11)12/h3-4,13-14H. The van der Waals surface area contributed by atoms with Gasteiger partial charge in [-0.25, -0.2) is 0 Å². The number of hydrogen-bond donors (Lipinski definition) is 2. The van der Waals surface area contributed by atoms with Gasteiger partial charge in [0.25, 0.3) is 0 Å². The Morgan fingerprint density at radius 3 is 1.07 bits per heavy atom. The average Bonchev–Trinajstić information content (AvgIpc) is 1.95. The van der Waals surface area contributed by atoms with Gasteiger partial charge in [-0.2, -0.15) is 0 Å². The normalized spacial score (nSPS) is 16.9. The summed E-state index contributed by atoms with van der Waals surface area (Å²) >= 11 is 31.7. The van der Waals surface area contributed by atoms with Crippen molar-refractivity contribution in [1.82, 2.24) is 0 Å². The molecule has 0 aliphatic heterocycles. The van der Waals surface area contributed by atoms with E-state index in [1.54, 1.807) is 0 Å². The number of halogens is 6. The largest absolute Gasteiger partial charge is 0.376 e. The predicted molar refractivity (Wildman–Crippen MR) is 60.4 cm³/mol. The summed E-state index contributed by atoms with van der Waals surface area (Å²) in [6.45, 7) is 0. The van der Waals surface area contributed by atoms with Crippen molar-refractivity contribution < 1.29 is 10.2 Å². The molecule has 0 heterocycles. The van der Waals surface area contributed by atoms with Gasteiger partial charge in [-0.15, -0.1) is 0 Å². The van der Waals surface area contributed by atoms with Crippen molar-refractivity contribution in [2.75, 3.05) is 0 Å². The molecule has 0 bridgehead atoms. The van der Waals surface area contributed by atoms with Gasteiger partial charge in [-0.3, -0.25) is 0 Å². The third-order valence-electron chi connectivity index (χ3n) is 0.977. The average molecular weight is 321 g/mol. The van der Waals surface area contributed by atoms with Crippen molar-refractivity contribution >= 4 is 69.6 Å². The lowest BCUT2D eigenvalue weighted by Crippen LogP contribution is -2.26. The van der Waals surface area contributed by atoms with Crippen LogP contribution in [0.1, 0.15) is 0 Å². The van der Waals surface area contributed by atoms with Crippen molar-refractivity contribution in [1.29, 1.82) is 0 Å². The molecule has 0 aromatic rings. The lowest BCUT2D eigenvalue weighted by atomic mass is 10.3. The second kappa shape index (κ2) is 5.52. The zero-order valence-electron chi connectivity index (χ0n) is 6.32. The fourth-order valence-electron chi connectivity index (χ4n) is 0.322. The quantitative estimate of drug-likeness (QED) is 0.532. The first-order valence-electron chi connectivity index (χ1n) is 3.05. The molecule has 0 radical (unpaired) electrons. The summed E-state index contributed by atoms with van der Waals surface area (Å²) in [7, 11) is 0. The molecule has 0 aliphatic rings. The number of alkyl halides is 6. The van der Waals surface area contributed by atoms with E-state index in [-0.39, 0.29) is 0 Å². The van der Waals surface area contributed by atoms with Gasteiger partial charge in [-0.05, 0) is 0 Å². The first-order chi connectivity index (χ1) is 6.05. The van der Waals surface area contributed by atoms with Crippen molar-refractivity contribution in [3.63, 3.8) is 0 Å². The van der Waals surface area contributed by atoms with E-state index >= 15 is 0 Å². The second-order valence-electron chi connectivity index (χ2n) is 2.18. The highest BCUT2D eigenvalue weighted by atomic mass is 35.6. The lowest BCUT2D eigenvalue weighted by molar-refractivity contribution is 0.226. The van der Waals surface area contributed by atoms with Gasteiger partial charge in [0.15, 0.2) is 12.2 Å². The monoisotopic (exact) mass is 318 g/mol. The Balaban J connectivity index is 4.46. The maximum atomic E-state index is 9.09. The summed E-state index contributed by atoms with van der Waals surface area (Å²) in [5.41, 5.74) is 0.